The van der Waals surface area contributed by atoms with E-state index in [1.165, 1.54) is 6.92 Å². The van der Waals surface area contributed by atoms with E-state index in [1.54, 1.807) is 0 Å². The lowest BCUT2D eigenvalue weighted by Crippen LogP contribution is -2.39. The van der Waals surface area contributed by atoms with Crippen LogP contribution in [-0.4, -0.2) is 35.0 Å². The van der Waals surface area contributed by atoms with Crippen molar-refractivity contribution in [3.63, 3.8) is 0 Å². The van der Waals surface area contributed by atoms with Crippen LogP contribution in [0.4, 0.5) is 0 Å². The molecule has 0 heterocycles. The highest BCUT2D eigenvalue weighted by atomic mass is 16.5. The van der Waals surface area contributed by atoms with E-state index >= 15 is 0 Å². The van der Waals surface area contributed by atoms with Crippen molar-refractivity contribution in [1.82, 2.24) is 0 Å². The van der Waals surface area contributed by atoms with Gasteiger partial charge < -0.3 is 14.9 Å². The Morgan fingerprint density at radius 3 is 2.50 bits per heavy atom. The van der Waals surface area contributed by atoms with E-state index < -0.39 is 11.6 Å². The van der Waals surface area contributed by atoms with E-state index in [2.05, 4.69) is 13.8 Å². The zero-order valence-corrected chi connectivity index (χ0v) is 9.12. The number of ether oxygens (including phenoxy) is 1. The highest BCUT2D eigenvalue weighted by Crippen LogP contribution is 2.06. The fourth-order valence-corrected chi connectivity index (χ4v) is 0.926. The van der Waals surface area contributed by atoms with Crippen LogP contribution in [0.3, 0.4) is 0 Å². The maximum Gasteiger partial charge on any atom is 0.337 e. The van der Waals surface area contributed by atoms with Crippen molar-refractivity contribution in [1.29, 1.82) is 0 Å². The smallest absolute Gasteiger partial charge is 0.337 e. The van der Waals surface area contributed by atoms with Gasteiger partial charge in [-0.15, -0.1) is 0 Å². The van der Waals surface area contributed by atoms with Crippen molar-refractivity contribution in [2.24, 2.45) is 5.92 Å². The second-order valence-electron chi connectivity index (χ2n) is 4.17. The number of aliphatic carboxylic acids is 1. The van der Waals surface area contributed by atoms with E-state index in [0.29, 0.717) is 12.5 Å². The molecule has 84 valence electrons. The van der Waals surface area contributed by atoms with Crippen molar-refractivity contribution >= 4 is 5.97 Å². The molecule has 14 heavy (non-hydrogen) atoms. The van der Waals surface area contributed by atoms with Gasteiger partial charge in [0.1, 0.15) is 0 Å². The highest BCUT2D eigenvalue weighted by Gasteiger charge is 2.29. The van der Waals surface area contributed by atoms with Crippen LogP contribution in [0.2, 0.25) is 0 Å². The van der Waals surface area contributed by atoms with E-state index in [-0.39, 0.29) is 6.61 Å². The monoisotopic (exact) mass is 204 g/mol. The third kappa shape index (κ3) is 5.94. The Bertz CT molecular complexity index is 175. The second kappa shape index (κ2) is 5.98. The van der Waals surface area contributed by atoms with Gasteiger partial charge in [0, 0.05) is 6.61 Å². The quantitative estimate of drug-likeness (QED) is 0.613. The average molecular weight is 204 g/mol. The second-order valence-corrected chi connectivity index (χ2v) is 4.17. The molecule has 4 heteroatoms. The third-order valence-corrected chi connectivity index (χ3v) is 1.91. The van der Waals surface area contributed by atoms with Crippen LogP contribution in [0.15, 0.2) is 0 Å². The molecule has 0 aromatic heterocycles. The molecule has 0 rings (SSSR count). The summed E-state index contributed by atoms with van der Waals surface area (Å²) in [7, 11) is 0. The summed E-state index contributed by atoms with van der Waals surface area (Å²) in [6.45, 7) is 5.82. The molecule has 0 aliphatic rings. The first-order valence-electron chi connectivity index (χ1n) is 4.90. The van der Waals surface area contributed by atoms with Crippen LogP contribution in [0.1, 0.15) is 33.6 Å². The van der Waals surface area contributed by atoms with Crippen LogP contribution in [0.5, 0.6) is 0 Å². The van der Waals surface area contributed by atoms with Gasteiger partial charge in [-0.25, -0.2) is 4.79 Å². The van der Waals surface area contributed by atoms with Crippen LogP contribution in [0.25, 0.3) is 0 Å². The molecular weight excluding hydrogens is 184 g/mol. The van der Waals surface area contributed by atoms with Gasteiger partial charge in [0.25, 0.3) is 0 Å². The lowest BCUT2D eigenvalue weighted by atomic mass is 10.1. The van der Waals surface area contributed by atoms with Gasteiger partial charge in [0.2, 0.25) is 0 Å². The molecule has 0 fully saturated rings. The van der Waals surface area contributed by atoms with Gasteiger partial charge in [-0.05, 0) is 25.7 Å². The zero-order valence-electron chi connectivity index (χ0n) is 9.12. The highest BCUT2D eigenvalue weighted by molar-refractivity contribution is 5.76. The Labute approximate surface area is 84.9 Å². The van der Waals surface area contributed by atoms with Gasteiger partial charge in [-0.1, -0.05) is 13.8 Å². The zero-order chi connectivity index (χ0) is 11.2. The summed E-state index contributed by atoms with van der Waals surface area (Å²) >= 11 is 0. The number of hydrogen-bond donors (Lipinski definition) is 2. The molecule has 0 spiro atoms. The van der Waals surface area contributed by atoms with Crippen LogP contribution in [-0.2, 0) is 9.53 Å². The van der Waals surface area contributed by atoms with Crippen molar-refractivity contribution in [3.05, 3.63) is 0 Å². The maximum absolute atomic E-state index is 10.5. The minimum absolute atomic E-state index is 0.152. The lowest BCUT2D eigenvalue weighted by Gasteiger charge is -2.17. The van der Waals surface area contributed by atoms with Crippen molar-refractivity contribution in [3.8, 4) is 0 Å². The van der Waals surface area contributed by atoms with Gasteiger partial charge in [0.05, 0.1) is 6.61 Å². The van der Waals surface area contributed by atoms with Crippen LogP contribution >= 0.6 is 0 Å². The topological polar surface area (TPSA) is 66.8 Å². The van der Waals surface area contributed by atoms with Gasteiger partial charge in [-0.3, -0.25) is 0 Å². The molecule has 0 saturated carbocycles. The molecule has 0 aliphatic heterocycles. The lowest BCUT2D eigenvalue weighted by molar-refractivity contribution is -0.162. The number of rotatable bonds is 7. The summed E-state index contributed by atoms with van der Waals surface area (Å²) in [6.07, 6.45) is 1.95. The Kier molecular flexibility index (Phi) is 5.72. The van der Waals surface area contributed by atoms with Gasteiger partial charge in [-0.2, -0.15) is 0 Å². The fraction of sp³-hybridized carbons (Fsp3) is 0.900. The van der Waals surface area contributed by atoms with Gasteiger partial charge >= 0.3 is 5.97 Å². The number of hydrogen-bond acceptors (Lipinski definition) is 3. The average Bonchev–Trinajstić information content (AvgIpc) is 2.02. The Balaban J connectivity index is 3.49. The Hall–Kier alpha value is -0.610. The van der Waals surface area contributed by atoms with Crippen LogP contribution < -0.4 is 0 Å². The molecule has 0 aliphatic carbocycles. The third-order valence-electron chi connectivity index (χ3n) is 1.91. The Morgan fingerprint density at radius 2 is 2.07 bits per heavy atom. The predicted octanol–water partition coefficient (Wildman–Crippen LogP) is 1.27. The van der Waals surface area contributed by atoms with Crippen molar-refractivity contribution in [2.75, 3.05) is 13.2 Å². The largest absolute Gasteiger partial charge is 0.479 e. The standard InChI is InChI=1S/C10H20O4/c1-8(2)5-4-6-14-7-10(3,13)9(11)12/h8,13H,4-7H2,1-3H3,(H,11,12). The first-order valence-corrected chi connectivity index (χ1v) is 4.90. The number of carboxylic acid groups (broad SMARTS) is 1. The number of carboxylic acids is 1. The molecule has 0 aromatic carbocycles. The molecule has 0 saturated heterocycles. The maximum atomic E-state index is 10.5. The molecule has 0 radical (unpaired) electrons. The SMILES string of the molecule is CC(C)CCCOCC(C)(O)C(=O)O. The van der Waals surface area contributed by atoms with Crippen molar-refractivity contribution in [2.45, 2.75) is 39.2 Å². The normalized spacial score (nSPS) is 15.5. The van der Waals surface area contributed by atoms with Crippen LogP contribution in [0, 0.1) is 5.92 Å². The van der Waals surface area contributed by atoms with E-state index in [4.69, 9.17) is 9.84 Å². The molecule has 0 aromatic rings. The number of carbonyl (C=O) groups is 1. The summed E-state index contributed by atoms with van der Waals surface area (Å²) in [5.74, 6) is -0.625. The summed E-state index contributed by atoms with van der Waals surface area (Å²) < 4.78 is 5.08. The first kappa shape index (κ1) is 13.4. The van der Waals surface area contributed by atoms with E-state index in [0.717, 1.165) is 12.8 Å². The molecule has 0 bridgehead atoms. The minimum Gasteiger partial charge on any atom is -0.479 e. The first-order chi connectivity index (χ1) is 6.36. The molecule has 1 unspecified atom stereocenters. The molecule has 4 nitrogen and oxygen atoms in total. The van der Waals surface area contributed by atoms with Gasteiger partial charge in [0.15, 0.2) is 5.60 Å². The summed E-state index contributed by atoms with van der Waals surface area (Å²) in [5.41, 5.74) is -1.77. The molecular formula is C10H20O4. The van der Waals surface area contributed by atoms with E-state index in [9.17, 15) is 9.90 Å². The number of aliphatic hydroxyl groups is 1. The summed E-state index contributed by atoms with van der Waals surface area (Å²) in [4.78, 5) is 10.5. The summed E-state index contributed by atoms with van der Waals surface area (Å²) in [5, 5.41) is 17.8. The fourth-order valence-electron chi connectivity index (χ4n) is 0.926. The van der Waals surface area contributed by atoms with E-state index in [1.807, 2.05) is 0 Å². The molecule has 2 N–H and O–H groups in total. The molecule has 0 amide bonds. The van der Waals surface area contributed by atoms with Crippen molar-refractivity contribution < 1.29 is 19.7 Å². The summed E-state index contributed by atoms with van der Waals surface area (Å²) in [6, 6.07) is 0. The predicted molar refractivity (Wildman–Crippen MR) is 53.2 cm³/mol. The minimum atomic E-state index is -1.77. The molecule has 1 atom stereocenters. The Morgan fingerprint density at radius 1 is 1.50 bits per heavy atom.